The van der Waals surface area contributed by atoms with Gasteiger partial charge in [0, 0.05) is 18.2 Å². The number of hydrogen-bond donors (Lipinski definition) is 5. The summed E-state index contributed by atoms with van der Waals surface area (Å²) >= 11 is 0. The second-order valence-corrected chi connectivity index (χ2v) is 11.0. The molecule has 1 aliphatic heterocycles. The number of nitrogen functional groups attached to an aromatic ring is 1. The lowest BCUT2D eigenvalue weighted by Crippen LogP contribution is -2.43. The topological polar surface area (TPSA) is 198 Å². The van der Waals surface area contributed by atoms with Crippen molar-refractivity contribution in [1.29, 1.82) is 0 Å². The molecule has 0 fully saturated rings. The molecule has 13 nitrogen and oxygen atoms in total. The lowest BCUT2D eigenvalue weighted by Gasteiger charge is -2.23. The molecule has 6 rings (SSSR count). The Morgan fingerprint density at radius 2 is 1.87 bits per heavy atom. The zero-order chi connectivity index (χ0) is 32.6. The number of nitrogens with two attached hydrogens (primary N) is 1. The number of carbonyl (C=O) groups excluding carboxylic acids is 2. The predicted molar refractivity (Wildman–Crippen MR) is 165 cm³/mol. The number of pyridine rings is 1. The molecule has 1 aliphatic rings. The van der Waals surface area contributed by atoms with E-state index in [1.54, 1.807) is 72.4 Å². The molecule has 0 saturated heterocycles. The van der Waals surface area contributed by atoms with Crippen LogP contribution in [0.25, 0.3) is 22.6 Å². The molecule has 0 spiro atoms. The van der Waals surface area contributed by atoms with Crippen LogP contribution in [-0.4, -0.2) is 65.4 Å². The summed E-state index contributed by atoms with van der Waals surface area (Å²) in [6.45, 7) is 1.14. The summed E-state index contributed by atoms with van der Waals surface area (Å²) in [5, 5.41) is 28.5. The van der Waals surface area contributed by atoms with Crippen LogP contribution in [0.3, 0.4) is 0 Å². The molecule has 234 valence electrons. The van der Waals surface area contributed by atoms with Crippen LogP contribution in [0.2, 0.25) is 0 Å². The minimum absolute atomic E-state index is 0.00747. The number of carboxylic acids is 1. The molecular weight excluding hydrogens is 595 g/mol. The van der Waals surface area contributed by atoms with Crippen molar-refractivity contribution in [1.82, 2.24) is 30.0 Å². The van der Waals surface area contributed by atoms with Gasteiger partial charge < -0.3 is 26.6 Å². The quantitative estimate of drug-likeness (QED) is 0.154. The number of aliphatic hydroxyl groups is 1. The molecule has 2 aromatic carbocycles. The van der Waals surface area contributed by atoms with Crippen LogP contribution in [0, 0.1) is 5.82 Å². The van der Waals surface area contributed by atoms with Crippen LogP contribution in [0.15, 0.2) is 66.9 Å². The third-order valence-corrected chi connectivity index (χ3v) is 8.11. The number of aliphatic carboxylic acids is 1. The van der Waals surface area contributed by atoms with Gasteiger partial charge in [0.2, 0.25) is 11.8 Å². The summed E-state index contributed by atoms with van der Waals surface area (Å²) in [6.07, 6.45) is 1.93. The van der Waals surface area contributed by atoms with Gasteiger partial charge in [-0.2, -0.15) is 5.10 Å². The fraction of sp³-hybridized carbons (Fsp3) is 0.219. The highest BCUT2D eigenvalue weighted by molar-refractivity contribution is 6.09. The second-order valence-electron chi connectivity index (χ2n) is 11.0. The zero-order valence-electron chi connectivity index (χ0n) is 24.6. The largest absolute Gasteiger partial charge is 0.480 e. The first-order valence-corrected chi connectivity index (χ1v) is 14.4. The van der Waals surface area contributed by atoms with Gasteiger partial charge in [-0.1, -0.05) is 42.5 Å². The molecule has 0 radical (unpaired) electrons. The van der Waals surface area contributed by atoms with Gasteiger partial charge in [0.25, 0.3) is 0 Å². The van der Waals surface area contributed by atoms with Crippen LogP contribution in [0.1, 0.15) is 35.6 Å². The molecule has 5 aromatic rings. The molecule has 46 heavy (non-hydrogen) atoms. The molecule has 0 saturated carbocycles. The van der Waals surface area contributed by atoms with Crippen LogP contribution in [0.5, 0.6) is 0 Å². The maximum Gasteiger partial charge on any atom is 0.328 e. The lowest BCUT2D eigenvalue weighted by molar-refractivity contribution is -0.142. The molecule has 0 bridgehead atoms. The molecule has 2 atom stereocenters. The van der Waals surface area contributed by atoms with E-state index in [0.29, 0.717) is 39.8 Å². The Kier molecular flexibility index (Phi) is 7.88. The van der Waals surface area contributed by atoms with E-state index in [0.717, 1.165) is 5.56 Å². The van der Waals surface area contributed by atoms with E-state index in [9.17, 15) is 18.8 Å². The number of aromatic nitrogens is 5. The van der Waals surface area contributed by atoms with Crippen molar-refractivity contribution in [3.8, 4) is 11.5 Å². The van der Waals surface area contributed by atoms with E-state index >= 15 is 0 Å². The summed E-state index contributed by atoms with van der Waals surface area (Å²) in [6, 6.07) is 15.6. The highest BCUT2D eigenvalue weighted by atomic mass is 19.1. The Labute approximate surface area is 261 Å². The van der Waals surface area contributed by atoms with Crippen molar-refractivity contribution in [3.05, 3.63) is 94.9 Å². The van der Waals surface area contributed by atoms with Crippen molar-refractivity contribution in [2.75, 3.05) is 17.7 Å². The summed E-state index contributed by atoms with van der Waals surface area (Å²) in [5.41, 5.74) is 8.41. The number of nitrogens with zero attached hydrogens (tertiary/aromatic N) is 5. The van der Waals surface area contributed by atoms with E-state index in [1.807, 2.05) is 0 Å². The highest BCUT2D eigenvalue weighted by Crippen LogP contribution is 2.45. The predicted octanol–water partition coefficient (Wildman–Crippen LogP) is 2.41. The first kappa shape index (κ1) is 30.3. The van der Waals surface area contributed by atoms with Gasteiger partial charge in [-0.25, -0.2) is 28.8 Å². The number of hydrogen-bond acceptors (Lipinski definition) is 9. The molecule has 2 amide bonds. The standard InChI is InChI=1S/C32H29FN8O5/c1-32(19-11-8-17(9-12-19)10-13-23(43)36-22(16-42)30(44)45)24-26(34)37-28(38-27(24)39-31(32)46)25-20-6-4-14-35-29(20)41(40-25)15-18-5-2-3-7-21(18)33/h2-9,11-12,14,22,42H,10,13,15-16H2,1H3,(H,36,43)(H,44,45)(H3,34,37,38,39,46). The zero-order valence-corrected chi connectivity index (χ0v) is 24.6. The molecule has 3 aromatic heterocycles. The number of carbonyl (C=O) groups is 3. The number of amides is 2. The number of aliphatic hydroxyl groups excluding tert-OH is 1. The van der Waals surface area contributed by atoms with E-state index < -0.39 is 29.9 Å². The molecular formula is C32H29FN8O5. The van der Waals surface area contributed by atoms with Gasteiger partial charge in [-0.3, -0.25) is 9.59 Å². The maximum absolute atomic E-state index is 14.4. The average molecular weight is 625 g/mol. The molecule has 14 heteroatoms. The second kappa shape index (κ2) is 12.0. The lowest BCUT2D eigenvalue weighted by atomic mass is 9.77. The number of fused-ring (bicyclic) bond motifs is 2. The average Bonchev–Trinajstić information content (AvgIpc) is 3.54. The van der Waals surface area contributed by atoms with Gasteiger partial charge in [0.05, 0.1) is 24.1 Å². The summed E-state index contributed by atoms with van der Waals surface area (Å²) < 4.78 is 16.0. The third kappa shape index (κ3) is 5.38. The Hall–Kier alpha value is -5.76. The van der Waals surface area contributed by atoms with Crippen molar-refractivity contribution in [2.45, 2.75) is 37.8 Å². The van der Waals surface area contributed by atoms with Crippen LogP contribution in [-0.2, 0) is 32.8 Å². The van der Waals surface area contributed by atoms with E-state index in [4.69, 9.17) is 15.9 Å². The Bertz CT molecular complexity index is 2000. The number of anilines is 2. The fourth-order valence-corrected chi connectivity index (χ4v) is 5.58. The van der Waals surface area contributed by atoms with Gasteiger partial charge in [-0.05, 0) is 42.7 Å². The fourth-order valence-electron chi connectivity index (χ4n) is 5.58. The number of halogens is 1. The monoisotopic (exact) mass is 624 g/mol. The number of rotatable bonds is 10. The van der Waals surface area contributed by atoms with Crippen molar-refractivity contribution >= 4 is 40.5 Å². The Morgan fingerprint density at radius 1 is 1.11 bits per heavy atom. The van der Waals surface area contributed by atoms with Crippen LogP contribution >= 0.6 is 0 Å². The van der Waals surface area contributed by atoms with Gasteiger partial charge in [-0.15, -0.1) is 0 Å². The van der Waals surface area contributed by atoms with E-state index in [2.05, 4.69) is 30.7 Å². The number of benzene rings is 2. The van der Waals surface area contributed by atoms with E-state index in [-0.39, 0.29) is 42.2 Å². The maximum atomic E-state index is 14.4. The number of aryl methyl sites for hydroxylation is 1. The minimum Gasteiger partial charge on any atom is -0.480 e. The number of carboxylic acid groups (broad SMARTS) is 1. The first-order chi connectivity index (χ1) is 22.1. The minimum atomic E-state index is -1.37. The molecule has 6 N–H and O–H groups in total. The van der Waals surface area contributed by atoms with Crippen LogP contribution in [0.4, 0.5) is 16.0 Å². The molecule has 4 heterocycles. The van der Waals surface area contributed by atoms with Gasteiger partial charge >= 0.3 is 5.97 Å². The van der Waals surface area contributed by atoms with Gasteiger partial charge in [0.15, 0.2) is 11.5 Å². The Balaban J connectivity index is 1.28. The summed E-state index contributed by atoms with van der Waals surface area (Å²) in [7, 11) is 0. The van der Waals surface area contributed by atoms with Crippen molar-refractivity contribution in [2.24, 2.45) is 0 Å². The summed E-state index contributed by atoms with van der Waals surface area (Å²) in [4.78, 5) is 50.3. The van der Waals surface area contributed by atoms with E-state index in [1.165, 1.54) is 6.07 Å². The molecule has 2 unspecified atom stereocenters. The first-order valence-electron chi connectivity index (χ1n) is 14.4. The SMILES string of the molecule is CC1(c2ccc(CCC(=O)NC(CO)C(=O)O)cc2)C(=O)Nc2nc(-c3nn(Cc4ccccc4F)c4ncccc34)nc(N)c21. The smallest absolute Gasteiger partial charge is 0.328 e. The third-order valence-electron chi connectivity index (χ3n) is 8.11. The highest BCUT2D eigenvalue weighted by Gasteiger charge is 2.47. The van der Waals surface area contributed by atoms with Crippen molar-refractivity contribution in [3.63, 3.8) is 0 Å². The number of nitrogens with one attached hydrogen (secondary N) is 2. The Morgan fingerprint density at radius 3 is 2.59 bits per heavy atom. The summed E-state index contributed by atoms with van der Waals surface area (Å²) in [5.74, 6) is -2.05. The van der Waals surface area contributed by atoms with Crippen LogP contribution < -0.4 is 16.4 Å². The van der Waals surface area contributed by atoms with Crippen molar-refractivity contribution < 1.29 is 29.0 Å². The molecule has 0 aliphatic carbocycles. The normalized spacial score (nSPS) is 16.2. The van der Waals surface area contributed by atoms with Gasteiger partial charge in [0.1, 0.15) is 34.6 Å².